The molecule has 0 bridgehead atoms. The van der Waals surface area contributed by atoms with Gasteiger partial charge in [-0.3, -0.25) is 10.1 Å². The number of carbonyl (C=O) groups is 2. The van der Waals surface area contributed by atoms with E-state index in [1.165, 1.54) is 0 Å². The third kappa shape index (κ3) is 4.12. The van der Waals surface area contributed by atoms with Crippen LogP contribution in [0.5, 0.6) is 0 Å². The molecule has 0 fully saturated rings. The first-order valence-corrected chi connectivity index (χ1v) is 5.23. The van der Waals surface area contributed by atoms with Gasteiger partial charge in [0, 0.05) is 5.69 Å². The smallest absolute Gasteiger partial charge is 0.375 e. The van der Waals surface area contributed by atoms with Crippen LogP contribution >= 0.6 is 15.9 Å². The molecule has 0 radical (unpaired) electrons. The molecular weight excluding hydrogens is 262 g/mol. The molecular formula is C10H10BrNO3. The molecule has 0 aliphatic carbocycles. The summed E-state index contributed by atoms with van der Waals surface area (Å²) in [6.07, 6.45) is -0.780. The van der Waals surface area contributed by atoms with Gasteiger partial charge in [-0.05, 0) is 19.1 Å². The molecule has 0 aromatic heterocycles. The Morgan fingerprint density at radius 1 is 1.33 bits per heavy atom. The molecule has 1 amide bonds. The number of anilines is 1. The lowest BCUT2D eigenvalue weighted by Gasteiger charge is -2.05. The van der Waals surface area contributed by atoms with Crippen LogP contribution in [-0.2, 0) is 9.53 Å². The average molecular weight is 272 g/mol. The highest BCUT2D eigenvalue weighted by Gasteiger charge is 2.14. The maximum Gasteiger partial charge on any atom is 0.419 e. The first-order valence-electron chi connectivity index (χ1n) is 4.31. The Kier molecular flexibility index (Phi) is 4.30. The molecule has 0 saturated carbocycles. The van der Waals surface area contributed by atoms with E-state index in [4.69, 9.17) is 0 Å². The molecule has 1 atom stereocenters. The highest BCUT2D eigenvalue weighted by Crippen LogP contribution is 2.06. The first kappa shape index (κ1) is 11.7. The largest absolute Gasteiger partial charge is 0.419 e. The third-order valence-electron chi connectivity index (χ3n) is 1.54. The molecule has 1 aromatic rings. The number of amides is 1. The number of halogens is 1. The fraction of sp³-hybridized carbons (Fsp3) is 0.200. The van der Waals surface area contributed by atoms with Gasteiger partial charge in [0.15, 0.2) is 0 Å². The Balaban J connectivity index is 2.47. The van der Waals surface area contributed by atoms with Gasteiger partial charge in [0.1, 0.15) is 4.83 Å². The van der Waals surface area contributed by atoms with Gasteiger partial charge < -0.3 is 4.74 Å². The summed E-state index contributed by atoms with van der Waals surface area (Å²) in [4.78, 5) is 21.7. The van der Waals surface area contributed by atoms with Gasteiger partial charge in [0.25, 0.3) is 0 Å². The van der Waals surface area contributed by atoms with Crippen LogP contribution in [-0.4, -0.2) is 16.9 Å². The van der Waals surface area contributed by atoms with E-state index in [0.717, 1.165) is 0 Å². The summed E-state index contributed by atoms with van der Waals surface area (Å²) < 4.78 is 4.48. The zero-order valence-electron chi connectivity index (χ0n) is 8.07. The lowest BCUT2D eigenvalue weighted by atomic mass is 10.3. The molecule has 0 aliphatic heterocycles. The highest BCUT2D eigenvalue weighted by atomic mass is 79.9. The standard InChI is InChI=1S/C10H10BrNO3/c1-7(11)9(13)15-10(14)12-8-5-3-2-4-6-8/h2-7H,1H3,(H,12,14). The summed E-state index contributed by atoms with van der Waals surface area (Å²) >= 11 is 3.00. The summed E-state index contributed by atoms with van der Waals surface area (Å²) in [5.74, 6) is -0.622. The zero-order valence-corrected chi connectivity index (χ0v) is 9.65. The minimum Gasteiger partial charge on any atom is -0.375 e. The Labute approximate surface area is 95.7 Å². The Morgan fingerprint density at radius 2 is 1.93 bits per heavy atom. The third-order valence-corrected chi connectivity index (χ3v) is 1.91. The SMILES string of the molecule is CC(Br)C(=O)OC(=O)Nc1ccccc1. The Bertz CT molecular complexity index is 351. The predicted molar refractivity (Wildman–Crippen MR) is 59.9 cm³/mol. The van der Waals surface area contributed by atoms with Crippen molar-refractivity contribution in [2.75, 3.05) is 5.32 Å². The average Bonchev–Trinajstić information content (AvgIpc) is 2.18. The number of hydrogen-bond donors (Lipinski definition) is 1. The number of benzene rings is 1. The van der Waals surface area contributed by atoms with Crippen LogP contribution in [0.3, 0.4) is 0 Å². The predicted octanol–water partition coefficient (Wildman–Crippen LogP) is 2.55. The molecule has 1 aromatic carbocycles. The Morgan fingerprint density at radius 3 is 2.47 bits per heavy atom. The topological polar surface area (TPSA) is 55.4 Å². The molecule has 1 N–H and O–H groups in total. The number of rotatable bonds is 2. The summed E-state index contributed by atoms with van der Waals surface area (Å²) in [6, 6.07) is 8.75. The van der Waals surface area contributed by atoms with E-state index in [9.17, 15) is 9.59 Å². The first-order chi connectivity index (χ1) is 7.09. The maximum absolute atomic E-state index is 11.2. The number of nitrogens with one attached hydrogen (secondary N) is 1. The van der Waals surface area contributed by atoms with E-state index in [1.54, 1.807) is 31.2 Å². The van der Waals surface area contributed by atoms with Crippen molar-refractivity contribution < 1.29 is 14.3 Å². The summed E-state index contributed by atoms with van der Waals surface area (Å²) in [5, 5.41) is 2.42. The van der Waals surface area contributed by atoms with E-state index in [-0.39, 0.29) is 0 Å². The van der Waals surface area contributed by atoms with E-state index in [2.05, 4.69) is 26.0 Å². The van der Waals surface area contributed by atoms with Crippen molar-refractivity contribution >= 4 is 33.7 Å². The summed E-state index contributed by atoms with van der Waals surface area (Å²) in [6.45, 7) is 1.58. The number of hydrogen-bond acceptors (Lipinski definition) is 3. The minimum atomic E-state index is -0.780. The van der Waals surface area contributed by atoms with Crippen molar-refractivity contribution in [3.63, 3.8) is 0 Å². The lowest BCUT2D eigenvalue weighted by Crippen LogP contribution is -2.22. The molecule has 1 rings (SSSR count). The molecule has 0 aliphatic rings. The quantitative estimate of drug-likeness (QED) is 0.511. The number of ether oxygens (including phenoxy) is 1. The highest BCUT2D eigenvalue weighted by molar-refractivity contribution is 9.10. The van der Waals surface area contributed by atoms with Crippen molar-refractivity contribution in [1.29, 1.82) is 0 Å². The molecule has 1 unspecified atom stereocenters. The molecule has 0 saturated heterocycles. The summed E-state index contributed by atoms with van der Waals surface area (Å²) in [7, 11) is 0. The normalized spacial score (nSPS) is 11.6. The van der Waals surface area contributed by atoms with Crippen LogP contribution in [0.4, 0.5) is 10.5 Å². The molecule has 80 valence electrons. The van der Waals surface area contributed by atoms with Gasteiger partial charge in [-0.1, -0.05) is 34.1 Å². The van der Waals surface area contributed by atoms with Crippen LogP contribution in [0.25, 0.3) is 0 Å². The molecule has 15 heavy (non-hydrogen) atoms. The maximum atomic E-state index is 11.2. The van der Waals surface area contributed by atoms with E-state index in [1.807, 2.05) is 6.07 Å². The molecule has 0 heterocycles. The van der Waals surface area contributed by atoms with Gasteiger partial charge >= 0.3 is 12.1 Å². The van der Waals surface area contributed by atoms with Gasteiger partial charge in [0.2, 0.25) is 0 Å². The van der Waals surface area contributed by atoms with E-state index >= 15 is 0 Å². The van der Waals surface area contributed by atoms with Gasteiger partial charge in [0.05, 0.1) is 0 Å². The van der Waals surface area contributed by atoms with Gasteiger partial charge in [-0.25, -0.2) is 4.79 Å². The second kappa shape index (κ2) is 5.50. The van der Waals surface area contributed by atoms with Gasteiger partial charge in [-0.15, -0.1) is 0 Å². The van der Waals surface area contributed by atoms with Crippen LogP contribution < -0.4 is 5.32 Å². The van der Waals surface area contributed by atoms with Crippen LogP contribution in [0, 0.1) is 0 Å². The number of carbonyl (C=O) groups excluding carboxylic acids is 2. The van der Waals surface area contributed by atoms with Crippen molar-refractivity contribution in [2.45, 2.75) is 11.8 Å². The molecule has 0 spiro atoms. The monoisotopic (exact) mass is 271 g/mol. The number of esters is 1. The fourth-order valence-electron chi connectivity index (χ4n) is 0.837. The Hall–Kier alpha value is -1.36. The van der Waals surface area contributed by atoms with Crippen molar-refractivity contribution in [3.05, 3.63) is 30.3 Å². The number of para-hydroxylation sites is 1. The van der Waals surface area contributed by atoms with E-state index in [0.29, 0.717) is 5.69 Å². The number of alkyl halides is 1. The van der Waals surface area contributed by atoms with Crippen molar-refractivity contribution in [2.24, 2.45) is 0 Å². The van der Waals surface area contributed by atoms with Crippen molar-refractivity contribution in [1.82, 2.24) is 0 Å². The minimum absolute atomic E-state index is 0.501. The van der Waals surface area contributed by atoms with Crippen molar-refractivity contribution in [3.8, 4) is 0 Å². The second-order valence-corrected chi connectivity index (χ2v) is 4.19. The van der Waals surface area contributed by atoms with Crippen LogP contribution in [0.2, 0.25) is 0 Å². The fourth-order valence-corrected chi connectivity index (χ4v) is 0.931. The summed E-state index contributed by atoms with van der Waals surface area (Å²) in [5.41, 5.74) is 0.581. The zero-order chi connectivity index (χ0) is 11.3. The van der Waals surface area contributed by atoms with Crippen LogP contribution in [0.15, 0.2) is 30.3 Å². The molecule has 4 nitrogen and oxygen atoms in total. The van der Waals surface area contributed by atoms with Crippen LogP contribution in [0.1, 0.15) is 6.92 Å². The molecule has 5 heteroatoms. The van der Waals surface area contributed by atoms with E-state index < -0.39 is 16.9 Å². The second-order valence-electron chi connectivity index (χ2n) is 2.82. The lowest BCUT2D eigenvalue weighted by molar-refractivity contribution is -0.135. The van der Waals surface area contributed by atoms with Gasteiger partial charge in [-0.2, -0.15) is 0 Å².